The van der Waals surface area contributed by atoms with Crippen LogP contribution in [0.25, 0.3) is 0 Å². The van der Waals surface area contributed by atoms with Crippen LogP contribution in [0.5, 0.6) is 0 Å². The number of halogens is 2. The van der Waals surface area contributed by atoms with Crippen LogP contribution in [-0.2, 0) is 9.59 Å². The molecule has 0 aliphatic heterocycles. The van der Waals surface area contributed by atoms with E-state index >= 15 is 0 Å². The molecule has 1 fully saturated rings. The van der Waals surface area contributed by atoms with E-state index in [9.17, 15) is 9.59 Å². The molecule has 3 rings (SSSR count). The highest BCUT2D eigenvalue weighted by Gasteiger charge is 2.30. The maximum atomic E-state index is 12.6. The lowest BCUT2D eigenvalue weighted by atomic mass is 9.81. The molecule has 2 amide bonds. The van der Waals surface area contributed by atoms with Crippen molar-refractivity contribution in [3.05, 3.63) is 57.6 Å². The summed E-state index contributed by atoms with van der Waals surface area (Å²) in [6, 6.07) is 10.9. The number of hydrogen-bond acceptors (Lipinski definition) is 2. The molecule has 2 N–H and O–H groups in total. The molecule has 4 nitrogen and oxygen atoms in total. The highest BCUT2D eigenvalue weighted by molar-refractivity contribution is 6.31. The Bertz CT molecular complexity index is 817. The molecule has 0 spiro atoms. The van der Waals surface area contributed by atoms with E-state index in [4.69, 9.17) is 23.2 Å². The van der Waals surface area contributed by atoms with E-state index in [0.29, 0.717) is 35.7 Å². The second kappa shape index (κ2) is 8.97. The van der Waals surface area contributed by atoms with Gasteiger partial charge in [0.2, 0.25) is 11.8 Å². The van der Waals surface area contributed by atoms with Gasteiger partial charge in [0.05, 0.1) is 0 Å². The van der Waals surface area contributed by atoms with Crippen molar-refractivity contribution < 1.29 is 9.59 Å². The average Bonchev–Trinajstić information content (AvgIpc) is 2.67. The van der Waals surface area contributed by atoms with Gasteiger partial charge < -0.3 is 10.6 Å². The molecular formula is C22H24Cl2N2O2. The van der Waals surface area contributed by atoms with Gasteiger partial charge in [-0.05, 0) is 74.9 Å². The molecule has 28 heavy (non-hydrogen) atoms. The van der Waals surface area contributed by atoms with Crippen LogP contribution in [0.2, 0.25) is 10.0 Å². The van der Waals surface area contributed by atoms with Gasteiger partial charge in [0.25, 0.3) is 0 Å². The van der Waals surface area contributed by atoms with E-state index in [2.05, 4.69) is 10.6 Å². The minimum absolute atomic E-state index is 0.00471. The predicted octanol–water partition coefficient (Wildman–Crippen LogP) is 5.99. The normalized spacial score (nSPS) is 19.1. The molecule has 2 aromatic carbocycles. The molecule has 0 heterocycles. The summed E-state index contributed by atoms with van der Waals surface area (Å²) >= 11 is 12.0. The van der Waals surface area contributed by atoms with Gasteiger partial charge >= 0.3 is 0 Å². The monoisotopic (exact) mass is 418 g/mol. The summed E-state index contributed by atoms with van der Waals surface area (Å²) in [5, 5.41) is 7.15. The SMILES string of the molecule is Cc1ccc(Cl)cc1NC(=O)C1CCC(C(=O)Nc2cc(Cl)ccc2C)CC1. The summed E-state index contributed by atoms with van der Waals surface area (Å²) < 4.78 is 0. The summed E-state index contributed by atoms with van der Waals surface area (Å²) in [7, 11) is 0. The maximum Gasteiger partial charge on any atom is 0.227 e. The van der Waals surface area contributed by atoms with Crippen LogP contribution in [0.3, 0.4) is 0 Å². The molecule has 0 bridgehead atoms. The Morgan fingerprint density at radius 3 is 1.46 bits per heavy atom. The molecule has 0 unspecified atom stereocenters. The van der Waals surface area contributed by atoms with E-state index in [0.717, 1.165) is 22.5 Å². The number of carbonyl (C=O) groups excluding carboxylic acids is 2. The minimum atomic E-state index is -0.0877. The van der Waals surface area contributed by atoms with Crippen molar-refractivity contribution in [1.82, 2.24) is 0 Å². The first-order valence-electron chi connectivity index (χ1n) is 9.47. The van der Waals surface area contributed by atoms with E-state index < -0.39 is 0 Å². The first-order valence-corrected chi connectivity index (χ1v) is 10.2. The van der Waals surface area contributed by atoms with Gasteiger partial charge in [-0.3, -0.25) is 9.59 Å². The van der Waals surface area contributed by atoms with Gasteiger partial charge in [0.1, 0.15) is 0 Å². The number of benzene rings is 2. The third kappa shape index (κ3) is 5.06. The van der Waals surface area contributed by atoms with E-state index in [1.165, 1.54) is 0 Å². The molecule has 0 radical (unpaired) electrons. The Kier molecular flexibility index (Phi) is 6.63. The Hall–Kier alpha value is -2.04. The summed E-state index contributed by atoms with van der Waals surface area (Å²) in [6.45, 7) is 3.87. The van der Waals surface area contributed by atoms with Crippen molar-refractivity contribution in [2.24, 2.45) is 11.8 Å². The van der Waals surface area contributed by atoms with E-state index in [1.54, 1.807) is 24.3 Å². The van der Waals surface area contributed by atoms with Gasteiger partial charge in [-0.15, -0.1) is 0 Å². The van der Waals surface area contributed by atoms with Crippen molar-refractivity contribution in [3.8, 4) is 0 Å². The molecule has 0 atom stereocenters. The number of aryl methyl sites for hydroxylation is 2. The van der Waals surface area contributed by atoms with Gasteiger partial charge in [-0.1, -0.05) is 35.3 Å². The zero-order valence-corrected chi connectivity index (χ0v) is 17.5. The highest BCUT2D eigenvalue weighted by atomic mass is 35.5. The Morgan fingerprint density at radius 1 is 0.750 bits per heavy atom. The van der Waals surface area contributed by atoms with Crippen LogP contribution in [-0.4, -0.2) is 11.8 Å². The van der Waals surface area contributed by atoms with Crippen LogP contribution in [0.1, 0.15) is 36.8 Å². The van der Waals surface area contributed by atoms with Crippen LogP contribution < -0.4 is 10.6 Å². The lowest BCUT2D eigenvalue weighted by Gasteiger charge is -2.27. The smallest absolute Gasteiger partial charge is 0.227 e. The zero-order chi connectivity index (χ0) is 20.3. The van der Waals surface area contributed by atoms with E-state index in [-0.39, 0.29) is 23.7 Å². The lowest BCUT2D eigenvalue weighted by Crippen LogP contribution is -2.32. The summed E-state index contributed by atoms with van der Waals surface area (Å²) in [6.07, 6.45) is 2.77. The fraction of sp³-hybridized carbons (Fsp3) is 0.364. The third-order valence-electron chi connectivity index (χ3n) is 5.38. The summed E-state index contributed by atoms with van der Waals surface area (Å²) in [5.74, 6) is -0.185. The van der Waals surface area contributed by atoms with E-state index in [1.807, 2.05) is 26.0 Å². The van der Waals surface area contributed by atoms with Crippen LogP contribution in [0.15, 0.2) is 36.4 Å². The Morgan fingerprint density at radius 2 is 1.11 bits per heavy atom. The zero-order valence-electron chi connectivity index (χ0n) is 16.0. The molecule has 148 valence electrons. The van der Waals surface area contributed by atoms with Gasteiger partial charge in [-0.2, -0.15) is 0 Å². The fourth-order valence-corrected chi connectivity index (χ4v) is 3.89. The van der Waals surface area contributed by atoms with Crippen molar-refractivity contribution in [2.45, 2.75) is 39.5 Å². The topological polar surface area (TPSA) is 58.2 Å². The van der Waals surface area contributed by atoms with Crippen LogP contribution in [0, 0.1) is 25.7 Å². The minimum Gasteiger partial charge on any atom is -0.326 e. The van der Waals surface area contributed by atoms with Crippen molar-refractivity contribution in [3.63, 3.8) is 0 Å². The molecule has 1 aliphatic rings. The number of nitrogens with one attached hydrogen (secondary N) is 2. The molecule has 6 heteroatoms. The summed E-state index contributed by atoms with van der Waals surface area (Å²) in [4.78, 5) is 25.2. The second-order valence-corrected chi connectivity index (χ2v) is 8.32. The van der Waals surface area contributed by atoms with Crippen LogP contribution >= 0.6 is 23.2 Å². The quantitative estimate of drug-likeness (QED) is 0.639. The number of rotatable bonds is 4. The van der Waals surface area contributed by atoms with Gasteiger partial charge in [-0.25, -0.2) is 0 Å². The Labute approximate surface area is 175 Å². The lowest BCUT2D eigenvalue weighted by molar-refractivity contribution is -0.125. The first kappa shape index (κ1) is 20.7. The maximum absolute atomic E-state index is 12.6. The number of carbonyl (C=O) groups is 2. The molecular weight excluding hydrogens is 395 g/mol. The average molecular weight is 419 g/mol. The standard InChI is InChI=1S/C22H24Cl2N2O2/c1-13-3-9-17(23)11-19(13)25-21(27)15-5-7-16(8-6-15)22(28)26-20-12-18(24)10-4-14(20)2/h3-4,9-12,15-16H,5-8H2,1-2H3,(H,25,27)(H,26,28). The molecule has 2 aromatic rings. The second-order valence-electron chi connectivity index (χ2n) is 7.45. The number of amides is 2. The fourth-order valence-electron chi connectivity index (χ4n) is 3.55. The Balaban J connectivity index is 1.55. The first-order chi connectivity index (χ1) is 13.3. The molecule has 0 aromatic heterocycles. The summed E-state index contributed by atoms with van der Waals surface area (Å²) in [5.41, 5.74) is 3.44. The predicted molar refractivity (Wildman–Crippen MR) is 115 cm³/mol. The van der Waals surface area contributed by atoms with Gasteiger partial charge in [0.15, 0.2) is 0 Å². The van der Waals surface area contributed by atoms with Crippen LogP contribution in [0.4, 0.5) is 11.4 Å². The molecule has 1 aliphatic carbocycles. The van der Waals surface area contributed by atoms with Crippen molar-refractivity contribution >= 4 is 46.4 Å². The molecule has 0 saturated heterocycles. The van der Waals surface area contributed by atoms with Gasteiger partial charge in [0, 0.05) is 33.3 Å². The largest absolute Gasteiger partial charge is 0.326 e. The third-order valence-corrected chi connectivity index (χ3v) is 5.85. The van der Waals surface area contributed by atoms with Crippen molar-refractivity contribution in [2.75, 3.05) is 10.6 Å². The molecule has 1 saturated carbocycles. The number of hydrogen-bond donors (Lipinski definition) is 2. The van der Waals surface area contributed by atoms with Crippen molar-refractivity contribution in [1.29, 1.82) is 0 Å². The number of anilines is 2. The highest BCUT2D eigenvalue weighted by Crippen LogP contribution is 2.32.